The van der Waals surface area contributed by atoms with E-state index in [0.717, 1.165) is 0 Å². The minimum absolute atomic E-state index is 0.0660. The molecule has 18 heavy (non-hydrogen) atoms. The van der Waals surface area contributed by atoms with Crippen LogP contribution in [0.15, 0.2) is 14.1 Å². The normalized spacial score (nSPS) is 10.1. The number of hydrogen-bond acceptors (Lipinski definition) is 2. The Morgan fingerprint density at radius 3 is 2.17 bits per heavy atom. The Bertz CT molecular complexity index is 704. The van der Waals surface area contributed by atoms with Crippen molar-refractivity contribution in [2.24, 2.45) is 0 Å². The van der Waals surface area contributed by atoms with Crippen LogP contribution in [0.2, 0.25) is 0 Å². The summed E-state index contributed by atoms with van der Waals surface area (Å²) in [6.45, 7) is 7.40. The average molecular weight is 317 g/mol. The molecule has 98 valence electrons. The van der Waals surface area contributed by atoms with Gasteiger partial charge in [0.05, 0.1) is 15.4 Å². The van der Waals surface area contributed by atoms with E-state index >= 15 is 0 Å². The standard InChI is InChI=1S/C10H8BrFN2O2.C2H6/c1-3-4(2)6(11)7(12)8-5(3)9(15)14-10(16)13-8;1-2/h1-2H3,(H2,13,14,15,16);1-2H3. The Morgan fingerprint density at radius 1 is 1.06 bits per heavy atom. The van der Waals surface area contributed by atoms with E-state index in [1.807, 2.05) is 13.8 Å². The molecule has 0 aliphatic rings. The number of hydrogen-bond donors (Lipinski definition) is 2. The van der Waals surface area contributed by atoms with Crippen molar-refractivity contribution in [3.63, 3.8) is 0 Å². The summed E-state index contributed by atoms with van der Waals surface area (Å²) in [5, 5.41) is 0.179. The highest BCUT2D eigenvalue weighted by Crippen LogP contribution is 2.28. The highest BCUT2D eigenvalue weighted by atomic mass is 79.9. The van der Waals surface area contributed by atoms with Gasteiger partial charge in [0.25, 0.3) is 5.56 Å². The van der Waals surface area contributed by atoms with E-state index in [9.17, 15) is 14.0 Å². The zero-order valence-electron chi connectivity index (χ0n) is 10.6. The molecule has 0 amide bonds. The monoisotopic (exact) mass is 316 g/mol. The molecule has 0 aliphatic heterocycles. The van der Waals surface area contributed by atoms with E-state index in [2.05, 4.69) is 25.9 Å². The number of benzene rings is 1. The number of aromatic amines is 2. The summed E-state index contributed by atoms with van der Waals surface area (Å²) in [5.41, 5.74) is -0.0793. The quantitative estimate of drug-likeness (QED) is 0.785. The molecule has 0 atom stereocenters. The number of H-pyrrole nitrogens is 2. The van der Waals surface area contributed by atoms with Gasteiger partial charge in [0.2, 0.25) is 0 Å². The average Bonchev–Trinajstić information content (AvgIpc) is 2.35. The molecule has 0 bridgehead atoms. The van der Waals surface area contributed by atoms with Crippen LogP contribution < -0.4 is 11.2 Å². The highest BCUT2D eigenvalue weighted by Gasteiger charge is 2.15. The lowest BCUT2D eigenvalue weighted by molar-refractivity contribution is 0.627. The first kappa shape index (κ1) is 14.6. The van der Waals surface area contributed by atoms with Crippen molar-refractivity contribution in [1.29, 1.82) is 0 Å². The van der Waals surface area contributed by atoms with E-state index in [1.54, 1.807) is 13.8 Å². The van der Waals surface area contributed by atoms with Crippen LogP contribution in [0.4, 0.5) is 4.39 Å². The fraction of sp³-hybridized carbons (Fsp3) is 0.333. The first-order chi connectivity index (χ1) is 8.43. The molecule has 1 aromatic carbocycles. The van der Waals surface area contributed by atoms with Gasteiger partial charge >= 0.3 is 5.69 Å². The van der Waals surface area contributed by atoms with Gasteiger partial charge in [-0.1, -0.05) is 13.8 Å². The van der Waals surface area contributed by atoms with Crippen molar-refractivity contribution in [3.05, 3.63) is 42.3 Å². The van der Waals surface area contributed by atoms with Crippen LogP contribution in [0.25, 0.3) is 10.9 Å². The number of halogens is 2. The maximum Gasteiger partial charge on any atom is 0.326 e. The molecule has 0 fully saturated rings. The zero-order chi connectivity index (χ0) is 14.0. The number of nitrogens with one attached hydrogen (secondary N) is 2. The van der Waals surface area contributed by atoms with Crippen LogP contribution in [0.5, 0.6) is 0 Å². The molecule has 0 aliphatic carbocycles. The zero-order valence-corrected chi connectivity index (χ0v) is 12.2. The van der Waals surface area contributed by atoms with Crippen molar-refractivity contribution < 1.29 is 4.39 Å². The van der Waals surface area contributed by atoms with Crippen molar-refractivity contribution in [2.45, 2.75) is 27.7 Å². The molecule has 4 nitrogen and oxygen atoms in total. The summed E-state index contributed by atoms with van der Waals surface area (Å²) in [6, 6.07) is 0. The molecule has 0 unspecified atom stereocenters. The van der Waals surface area contributed by atoms with Gasteiger partial charge < -0.3 is 4.98 Å². The van der Waals surface area contributed by atoms with Crippen molar-refractivity contribution in [3.8, 4) is 0 Å². The lowest BCUT2D eigenvalue weighted by atomic mass is 10.0. The van der Waals surface area contributed by atoms with Crippen LogP contribution in [-0.4, -0.2) is 9.97 Å². The highest BCUT2D eigenvalue weighted by molar-refractivity contribution is 9.10. The van der Waals surface area contributed by atoms with Gasteiger partial charge in [-0.2, -0.15) is 0 Å². The summed E-state index contributed by atoms with van der Waals surface area (Å²) in [4.78, 5) is 27.0. The summed E-state index contributed by atoms with van der Waals surface area (Å²) in [5.74, 6) is -0.624. The van der Waals surface area contributed by atoms with Crippen molar-refractivity contribution >= 4 is 26.8 Å². The lowest BCUT2D eigenvalue weighted by Crippen LogP contribution is -2.23. The van der Waals surface area contributed by atoms with Crippen LogP contribution in [-0.2, 0) is 0 Å². The Morgan fingerprint density at radius 2 is 1.61 bits per heavy atom. The van der Waals surface area contributed by atoms with Gasteiger partial charge in [-0.3, -0.25) is 9.78 Å². The first-order valence-electron chi connectivity index (χ1n) is 5.54. The van der Waals surface area contributed by atoms with Crippen molar-refractivity contribution in [1.82, 2.24) is 9.97 Å². The van der Waals surface area contributed by atoms with E-state index in [4.69, 9.17) is 0 Å². The smallest absolute Gasteiger partial charge is 0.304 e. The first-order valence-corrected chi connectivity index (χ1v) is 6.33. The molecule has 6 heteroatoms. The van der Waals surface area contributed by atoms with Gasteiger partial charge in [-0.25, -0.2) is 9.18 Å². The lowest BCUT2D eigenvalue weighted by Gasteiger charge is -2.08. The van der Waals surface area contributed by atoms with Crippen LogP contribution in [0, 0.1) is 19.7 Å². The Labute approximate surface area is 111 Å². The van der Waals surface area contributed by atoms with Gasteiger partial charge in [0.15, 0.2) is 5.82 Å². The summed E-state index contributed by atoms with van der Waals surface area (Å²) >= 11 is 3.09. The maximum atomic E-state index is 13.8. The van der Waals surface area contributed by atoms with E-state index < -0.39 is 17.1 Å². The second-order valence-electron chi connectivity index (χ2n) is 3.54. The summed E-state index contributed by atoms with van der Waals surface area (Å²) < 4.78 is 14.1. The number of fused-ring (bicyclic) bond motifs is 1. The molecule has 2 rings (SSSR count). The Hall–Kier alpha value is -1.43. The molecule has 2 aromatic rings. The molecule has 0 radical (unpaired) electrons. The second kappa shape index (κ2) is 5.48. The molecule has 2 N–H and O–H groups in total. The Balaban J connectivity index is 0.000000771. The van der Waals surface area contributed by atoms with Crippen LogP contribution in [0.1, 0.15) is 25.0 Å². The molecule has 0 spiro atoms. The van der Waals surface area contributed by atoms with Crippen molar-refractivity contribution in [2.75, 3.05) is 0 Å². The fourth-order valence-corrected chi connectivity index (χ4v) is 2.13. The minimum atomic E-state index is -0.716. The number of aromatic nitrogens is 2. The Kier molecular flexibility index (Phi) is 4.45. The minimum Gasteiger partial charge on any atom is -0.304 e. The molecule has 0 saturated carbocycles. The third-order valence-corrected chi connectivity index (χ3v) is 3.56. The molecule has 1 heterocycles. The SMILES string of the molecule is CC.Cc1c(Br)c(F)c2[nH]c(=O)[nH]c(=O)c2c1C. The van der Waals surface area contributed by atoms with Crippen LogP contribution in [0.3, 0.4) is 0 Å². The largest absolute Gasteiger partial charge is 0.326 e. The maximum absolute atomic E-state index is 13.8. The predicted octanol–water partition coefficient (Wildman–Crippen LogP) is 2.76. The third-order valence-electron chi connectivity index (χ3n) is 2.62. The van der Waals surface area contributed by atoms with Gasteiger partial charge in [-0.15, -0.1) is 0 Å². The number of aryl methyl sites for hydroxylation is 1. The molecular formula is C12H14BrFN2O2. The number of rotatable bonds is 0. The van der Waals surface area contributed by atoms with Gasteiger partial charge in [0.1, 0.15) is 0 Å². The summed E-state index contributed by atoms with van der Waals surface area (Å²) in [7, 11) is 0. The molecule has 0 saturated heterocycles. The predicted molar refractivity (Wildman–Crippen MR) is 73.7 cm³/mol. The summed E-state index contributed by atoms with van der Waals surface area (Å²) in [6.07, 6.45) is 0. The van der Waals surface area contributed by atoms with Gasteiger partial charge in [0, 0.05) is 0 Å². The topological polar surface area (TPSA) is 65.7 Å². The molecule has 1 aromatic heterocycles. The molecular weight excluding hydrogens is 303 g/mol. The third kappa shape index (κ3) is 2.25. The van der Waals surface area contributed by atoms with Crippen LogP contribution >= 0.6 is 15.9 Å². The van der Waals surface area contributed by atoms with E-state index in [0.29, 0.717) is 11.1 Å². The van der Waals surface area contributed by atoms with Gasteiger partial charge in [-0.05, 0) is 40.9 Å². The fourth-order valence-electron chi connectivity index (χ4n) is 1.64. The van der Waals surface area contributed by atoms with E-state index in [1.165, 1.54) is 0 Å². The van der Waals surface area contributed by atoms with E-state index in [-0.39, 0.29) is 15.4 Å². The second-order valence-corrected chi connectivity index (χ2v) is 4.33.